The van der Waals surface area contributed by atoms with Gasteiger partial charge in [0.05, 0.1) is 0 Å². The SMILES string of the molecule is O=C(Nc1ncc[nH]1)c1cc(=O)[nH]c(=O)[nH]1. The number of H-pyrrole nitrogens is 3. The average Bonchev–Trinajstić information content (AvgIpc) is 2.68. The van der Waals surface area contributed by atoms with Gasteiger partial charge in [0.15, 0.2) is 0 Å². The fourth-order valence-electron chi connectivity index (χ4n) is 1.10. The molecule has 2 aromatic heterocycles. The van der Waals surface area contributed by atoms with E-state index < -0.39 is 17.2 Å². The third-order valence-corrected chi connectivity index (χ3v) is 1.74. The Balaban J connectivity index is 2.28. The molecule has 2 rings (SSSR count). The van der Waals surface area contributed by atoms with E-state index in [1.54, 1.807) is 0 Å². The van der Waals surface area contributed by atoms with E-state index in [1.165, 1.54) is 12.4 Å². The number of carbonyl (C=O) groups is 1. The van der Waals surface area contributed by atoms with Gasteiger partial charge in [0, 0.05) is 18.5 Å². The number of hydrogen-bond donors (Lipinski definition) is 4. The molecule has 0 saturated heterocycles. The van der Waals surface area contributed by atoms with Crippen molar-refractivity contribution in [2.24, 2.45) is 0 Å². The van der Waals surface area contributed by atoms with Gasteiger partial charge in [-0.05, 0) is 0 Å². The van der Waals surface area contributed by atoms with E-state index in [4.69, 9.17) is 0 Å². The second kappa shape index (κ2) is 3.85. The molecule has 0 bridgehead atoms. The molecule has 0 fully saturated rings. The van der Waals surface area contributed by atoms with Crippen LogP contribution < -0.4 is 16.6 Å². The number of nitrogens with one attached hydrogen (secondary N) is 4. The highest BCUT2D eigenvalue weighted by Gasteiger charge is 2.08. The summed E-state index contributed by atoms with van der Waals surface area (Å²) in [7, 11) is 0. The monoisotopic (exact) mass is 221 g/mol. The third kappa shape index (κ3) is 2.05. The molecule has 2 aromatic rings. The summed E-state index contributed by atoms with van der Waals surface area (Å²) in [6, 6.07) is 0.986. The van der Waals surface area contributed by atoms with Gasteiger partial charge in [-0.1, -0.05) is 0 Å². The molecular weight excluding hydrogens is 214 g/mol. The lowest BCUT2D eigenvalue weighted by Crippen LogP contribution is -2.27. The highest BCUT2D eigenvalue weighted by molar-refractivity contribution is 6.01. The van der Waals surface area contributed by atoms with Crippen molar-refractivity contribution >= 4 is 11.9 Å². The summed E-state index contributed by atoms with van der Waals surface area (Å²) in [6.45, 7) is 0. The Morgan fingerprint density at radius 3 is 2.75 bits per heavy atom. The molecule has 4 N–H and O–H groups in total. The molecule has 0 unspecified atom stereocenters. The number of aromatic amines is 3. The van der Waals surface area contributed by atoms with E-state index in [0.29, 0.717) is 0 Å². The third-order valence-electron chi connectivity index (χ3n) is 1.74. The summed E-state index contributed by atoms with van der Waals surface area (Å²) in [4.78, 5) is 43.9. The molecule has 0 radical (unpaired) electrons. The first-order valence-corrected chi connectivity index (χ1v) is 4.29. The second-order valence-electron chi connectivity index (χ2n) is 2.89. The van der Waals surface area contributed by atoms with Crippen LogP contribution in [0.5, 0.6) is 0 Å². The molecular formula is C8H7N5O3. The number of nitrogens with zero attached hydrogens (tertiary/aromatic N) is 1. The van der Waals surface area contributed by atoms with Crippen LogP contribution in [0.15, 0.2) is 28.0 Å². The zero-order valence-electron chi connectivity index (χ0n) is 7.90. The number of hydrogen-bond acceptors (Lipinski definition) is 4. The lowest BCUT2D eigenvalue weighted by molar-refractivity contribution is 0.102. The molecule has 1 amide bonds. The van der Waals surface area contributed by atoms with Crippen molar-refractivity contribution in [1.29, 1.82) is 0 Å². The van der Waals surface area contributed by atoms with Crippen molar-refractivity contribution in [2.45, 2.75) is 0 Å². The topological polar surface area (TPSA) is 123 Å². The Morgan fingerprint density at radius 2 is 2.12 bits per heavy atom. The minimum atomic E-state index is -0.739. The summed E-state index contributed by atoms with van der Waals surface area (Å²) >= 11 is 0. The average molecular weight is 221 g/mol. The molecule has 0 spiro atoms. The maximum Gasteiger partial charge on any atom is 0.326 e. The van der Waals surface area contributed by atoms with E-state index in [2.05, 4.69) is 20.3 Å². The summed E-state index contributed by atoms with van der Waals surface area (Å²) < 4.78 is 0. The molecule has 2 heterocycles. The van der Waals surface area contributed by atoms with Crippen molar-refractivity contribution in [3.63, 3.8) is 0 Å². The number of rotatable bonds is 2. The van der Waals surface area contributed by atoms with Crippen LogP contribution in [0.2, 0.25) is 0 Å². The Hall–Kier alpha value is -2.64. The van der Waals surface area contributed by atoms with E-state index in [1.807, 2.05) is 4.98 Å². The van der Waals surface area contributed by atoms with Crippen molar-refractivity contribution in [2.75, 3.05) is 5.32 Å². The predicted octanol–water partition coefficient (Wildman–Crippen LogP) is -0.961. The van der Waals surface area contributed by atoms with Gasteiger partial charge < -0.3 is 9.97 Å². The van der Waals surface area contributed by atoms with E-state index >= 15 is 0 Å². The van der Waals surface area contributed by atoms with Gasteiger partial charge in [-0.25, -0.2) is 9.78 Å². The summed E-state index contributed by atoms with van der Waals surface area (Å²) in [5, 5.41) is 2.36. The first-order chi connectivity index (χ1) is 7.65. The van der Waals surface area contributed by atoms with Crippen molar-refractivity contribution in [3.05, 3.63) is 45.0 Å². The Kier molecular flexibility index (Phi) is 2.38. The largest absolute Gasteiger partial charge is 0.331 e. The Bertz CT molecular complexity index is 581. The zero-order chi connectivity index (χ0) is 11.5. The fraction of sp³-hybridized carbons (Fsp3) is 0. The van der Waals surface area contributed by atoms with E-state index in [0.717, 1.165) is 6.07 Å². The lowest BCUT2D eigenvalue weighted by atomic mass is 10.4. The van der Waals surface area contributed by atoms with Crippen LogP contribution in [0.1, 0.15) is 10.5 Å². The van der Waals surface area contributed by atoms with Gasteiger partial charge in [0.2, 0.25) is 5.95 Å². The standard InChI is InChI=1S/C8H7N5O3/c14-5-3-4(11-8(16)12-5)6(15)13-7-9-1-2-10-7/h1-3H,(H2,9,10,13,15)(H2,11,12,14,16). The molecule has 82 valence electrons. The molecule has 8 nitrogen and oxygen atoms in total. The molecule has 16 heavy (non-hydrogen) atoms. The normalized spacial score (nSPS) is 10.0. The molecule has 0 aliphatic rings. The van der Waals surface area contributed by atoms with Crippen LogP contribution >= 0.6 is 0 Å². The quantitative estimate of drug-likeness (QED) is 0.521. The maximum absolute atomic E-state index is 11.5. The van der Waals surface area contributed by atoms with Gasteiger partial charge in [-0.15, -0.1) is 0 Å². The van der Waals surface area contributed by atoms with Crippen LogP contribution in [-0.4, -0.2) is 25.8 Å². The van der Waals surface area contributed by atoms with Crippen molar-refractivity contribution in [3.8, 4) is 0 Å². The molecule has 0 aliphatic heterocycles. The molecule has 0 atom stereocenters. The molecule has 0 aliphatic carbocycles. The number of aromatic nitrogens is 4. The minimum Gasteiger partial charge on any atom is -0.331 e. The summed E-state index contributed by atoms with van der Waals surface area (Å²) in [5.41, 5.74) is -1.52. The highest BCUT2D eigenvalue weighted by atomic mass is 16.2. The Labute approximate surface area is 87.8 Å². The zero-order valence-corrected chi connectivity index (χ0v) is 7.90. The smallest absolute Gasteiger partial charge is 0.326 e. The first-order valence-electron chi connectivity index (χ1n) is 4.29. The summed E-state index contributed by atoms with van der Waals surface area (Å²) in [6.07, 6.45) is 2.98. The van der Waals surface area contributed by atoms with Crippen molar-refractivity contribution < 1.29 is 4.79 Å². The van der Waals surface area contributed by atoms with E-state index in [9.17, 15) is 14.4 Å². The van der Waals surface area contributed by atoms with Crippen LogP contribution in [0.25, 0.3) is 0 Å². The number of imidazole rings is 1. The second-order valence-corrected chi connectivity index (χ2v) is 2.89. The maximum atomic E-state index is 11.5. The van der Waals surface area contributed by atoms with Crippen molar-refractivity contribution in [1.82, 2.24) is 19.9 Å². The lowest BCUT2D eigenvalue weighted by Gasteiger charge is -2.00. The fourth-order valence-corrected chi connectivity index (χ4v) is 1.10. The Morgan fingerprint density at radius 1 is 1.31 bits per heavy atom. The highest BCUT2D eigenvalue weighted by Crippen LogP contribution is 1.97. The molecule has 8 heteroatoms. The van der Waals surface area contributed by atoms with Gasteiger partial charge in [0.1, 0.15) is 5.69 Å². The number of anilines is 1. The van der Waals surface area contributed by atoms with Gasteiger partial charge >= 0.3 is 5.69 Å². The minimum absolute atomic E-state index is 0.134. The number of amides is 1. The van der Waals surface area contributed by atoms with Crippen LogP contribution in [0, 0.1) is 0 Å². The van der Waals surface area contributed by atoms with Crippen LogP contribution in [-0.2, 0) is 0 Å². The molecule has 0 aromatic carbocycles. The first kappa shape index (κ1) is 9.90. The van der Waals surface area contributed by atoms with Gasteiger partial charge in [-0.2, -0.15) is 0 Å². The van der Waals surface area contributed by atoms with Gasteiger partial charge in [-0.3, -0.25) is 19.9 Å². The van der Waals surface area contributed by atoms with Crippen LogP contribution in [0.4, 0.5) is 5.95 Å². The summed E-state index contributed by atoms with van der Waals surface area (Å²) in [5.74, 6) is -0.399. The number of carbonyl (C=O) groups excluding carboxylic acids is 1. The predicted molar refractivity (Wildman–Crippen MR) is 54.2 cm³/mol. The molecule has 0 saturated carbocycles. The van der Waals surface area contributed by atoms with E-state index in [-0.39, 0.29) is 11.6 Å². The van der Waals surface area contributed by atoms with Crippen LogP contribution in [0.3, 0.4) is 0 Å². The van der Waals surface area contributed by atoms with Gasteiger partial charge in [0.25, 0.3) is 11.5 Å².